The van der Waals surface area contributed by atoms with Crippen LogP contribution in [0, 0.1) is 6.92 Å². The molecule has 0 saturated carbocycles. The van der Waals surface area contributed by atoms with Gasteiger partial charge in [-0.1, -0.05) is 24.3 Å². The first-order valence-corrected chi connectivity index (χ1v) is 6.30. The molecule has 1 aliphatic heterocycles. The van der Waals surface area contributed by atoms with Crippen molar-refractivity contribution in [2.24, 2.45) is 0 Å². The van der Waals surface area contributed by atoms with Gasteiger partial charge in [-0.15, -0.1) is 0 Å². The first kappa shape index (κ1) is 10.6. The Hall–Kier alpha value is -1.54. The van der Waals surface area contributed by atoms with Crippen LogP contribution in [-0.4, -0.2) is 26.2 Å². The van der Waals surface area contributed by atoms with Crippen LogP contribution in [0.1, 0.15) is 5.56 Å². The van der Waals surface area contributed by atoms with Gasteiger partial charge in [0, 0.05) is 31.9 Å². The Morgan fingerprint density at radius 2 is 1.88 bits per heavy atom. The molecule has 0 radical (unpaired) electrons. The van der Waals surface area contributed by atoms with Crippen molar-refractivity contribution in [2.45, 2.75) is 6.92 Å². The molecule has 0 amide bonds. The summed E-state index contributed by atoms with van der Waals surface area (Å²) in [6.07, 6.45) is 0. The average molecular weight is 226 g/mol. The summed E-state index contributed by atoms with van der Waals surface area (Å²) >= 11 is 0. The number of anilines is 1. The number of hydrogen-bond acceptors (Lipinski definition) is 2. The van der Waals surface area contributed by atoms with Gasteiger partial charge in [-0.3, -0.25) is 0 Å². The van der Waals surface area contributed by atoms with Crippen LogP contribution in [0.2, 0.25) is 0 Å². The molecule has 2 nitrogen and oxygen atoms in total. The zero-order chi connectivity index (χ0) is 11.7. The molecular formula is C15H18N2. The third-order valence-corrected chi connectivity index (χ3v) is 3.57. The number of nitrogens with one attached hydrogen (secondary N) is 1. The van der Waals surface area contributed by atoms with E-state index in [1.54, 1.807) is 0 Å². The molecule has 1 fully saturated rings. The second-order valence-electron chi connectivity index (χ2n) is 4.72. The van der Waals surface area contributed by atoms with Crippen LogP contribution in [0.15, 0.2) is 36.4 Å². The van der Waals surface area contributed by atoms with Gasteiger partial charge in [0.25, 0.3) is 0 Å². The van der Waals surface area contributed by atoms with Crippen molar-refractivity contribution in [3.63, 3.8) is 0 Å². The molecule has 0 unspecified atom stereocenters. The van der Waals surface area contributed by atoms with E-state index in [4.69, 9.17) is 0 Å². The van der Waals surface area contributed by atoms with Gasteiger partial charge in [-0.05, 0) is 35.4 Å². The van der Waals surface area contributed by atoms with Crippen LogP contribution < -0.4 is 10.2 Å². The Balaban J connectivity index is 2.03. The van der Waals surface area contributed by atoms with Crippen molar-refractivity contribution < 1.29 is 0 Å². The normalized spacial score (nSPS) is 16.4. The predicted molar refractivity (Wildman–Crippen MR) is 73.8 cm³/mol. The maximum atomic E-state index is 3.39. The topological polar surface area (TPSA) is 15.3 Å². The van der Waals surface area contributed by atoms with Gasteiger partial charge in [0.15, 0.2) is 0 Å². The van der Waals surface area contributed by atoms with Gasteiger partial charge in [-0.25, -0.2) is 0 Å². The Morgan fingerprint density at radius 3 is 2.71 bits per heavy atom. The maximum absolute atomic E-state index is 3.39. The van der Waals surface area contributed by atoms with E-state index in [1.807, 2.05) is 0 Å². The average Bonchev–Trinajstić information content (AvgIpc) is 2.40. The molecule has 1 aliphatic rings. The van der Waals surface area contributed by atoms with Crippen LogP contribution >= 0.6 is 0 Å². The lowest BCUT2D eigenvalue weighted by molar-refractivity contribution is 0.589. The standard InChI is InChI=1S/C15H18N2/c1-12-3-2-4-13-5-6-14(11-15(12)13)17-9-7-16-8-10-17/h2-6,11,16H,7-10H2,1H3. The summed E-state index contributed by atoms with van der Waals surface area (Å²) in [5.41, 5.74) is 2.72. The fourth-order valence-corrected chi connectivity index (χ4v) is 2.54. The second-order valence-corrected chi connectivity index (χ2v) is 4.72. The Labute approximate surface area is 102 Å². The quantitative estimate of drug-likeness (QED) is 0.804. The Bertz CT molecular complexity index is 527. The summed E-state index contributed by atoms with van der Waals surface area (Å²) < 4.78 is 0. The lowest BCUT2D eigenvalue weighted by Gasteiger charge is -2.29. The van der Waals surface area contributed by atoms with Crippen molar-refractivity contribution in [1.29, 1.82) is 0 Å². The number of piperazine rings is 1. The minimum absolute atomic E-state index is 1.09. The van der Waals surface area contributed by atoms with E-state index in [0.29, 0.717) is 0 Å². The van der Waals surface area contributed by atoms with Crippen molar-refractivity contribution in [3.05, 3.63) is 42.0 Å². The fraction of sp³-hybridized carbons (Fsp3) is 0.333. The van der Waals surface area contributed by atoms with Crippen LogP contribution in [-0.2, 0) is 0 Å². The highest BCUT2D eigenvalue weighted by atomic mass is 15.2. The summed E-state index contributed by atoms with van der Waals surface area (Å²) in [5, 5.41) is 6.11. The minimum atomic E-state index is 1.09. The molecule has 2 aromatic carbocycles. The van der Waals surface area contributed by atoms with Gasteiger partial charge >= 0.3 is 0 Å². The Kier molecular flexibility index (Phi) is 2.73. The molecule has 0 aromatic heterocycles. The third-order valence-electron chi connectivity index (χ3n) is 3.57. The summed E-state index contributed by atoms with van der Waals surface area (Å²) in [5.74, 6) is 0. The van der Waals surface area contributed by atoms with Crippen LogP contribution in [0.3, 0.4) is 0 Å². The first-order chi connectivity index (χ1) is 8.34. The molecular weight excluding hydrogens is 208 g/mol. The fourth-order valence-electron chi connectivity index (χ4n) is 2.54. The highest BCUT2D eigenvalue weighted by molar-refractivity contribution is 5.88. The molecule has 0 atom stereocenters. The SMILES string of the molecule is Cc1cccc2ccc(N3CCNCC3)cc12. The monoisotopic (exact) mass is 226 g/mol. The van der Waals surface area contributed by atoms with E-state index in [-0.39, 0.29) is 0 Å². The largest absolute Gasteiger partial charge is 0.369 e. The molecule has 1 saturated heterocycles. The molecule has 17 heavy (non-hydrogen) atoms. The van der Waals surface area contributed by atoms with Gasteiger partial charge in [0.05, 0.1) is 0 Å². The molecule has 0 aliphatic carbocycles. The van der Waals surface area contributed by atoms with Crippen molar-refractivity contribution in [3.8, 4) is 0 Å². The summed E-state index contributed by atoms with van der Waals surface area (Å²) in [7, 11) is 0. The van der Waals surface area contributed by atoms with Gasteiger partial charge in [0.2, 0.25) is 0 Å². The van der Waals surface area contributed by atoms with E-state index in [2.05, 4.69) is 53.5 Å². The smallest absolute Gasteiger partial charge is 0.0373 e. The molecule has 3 rings (SSSR count). The van der Waals surface area contributed by atoms with Crippen molar-refractivity contribution >= 4 is 16.5 Å². The molecule has 1 N–H and O–H groups in total. The van der Waals surface area contributed by atoms with E-state index in [1.165, 1.54) is 22.0 Å². The van der Waals surface area contributed by atoms with E-state index < -0.39 is 0 Å². The lowest BCUT2D eigenvalue weighted by Crippen LogP contribution is -2.43. The number of nitrogens with zero attached hydrogens (tertiary/aromatic N) is 1. The van der Waals surface area contributed by atoms with Crippen molar-refractivity contribution in [1.82, 2.24) is 5.32 Å². The van der Waals surface area contributed by atoms with Crippen molar-refractivity contribution in [2.75, 3.05) is 31.1 Å². The number of benzene rings is 2. The summed E-state index contributed by atoms with van der Waals surface area (Å²) in [6.45, 7) is 6.58. The first-order valence-electron chi connectivity index (χ1n) is 6.30. The molecule has 0 spiro atoms. The zero-order valence-electron chi connectivity index (χ0n) is 10.2. The maximum Gasteiger partial charge on any atom is 0.0373 e. The van der Waals surface area contributed by atoms with Crippen LogP contribution in [0.25, 0.3) is 10.8 Å². The number of rotatable bonds is 1. The number of fused-ring (bicyclic) bond motifs is 1. The Morgan fingerprint density at radius 1 is 1.06 bits per heavy atom. The van der Waals surface area contributed by atoms with Gasteiger partial charge in [-0.2, -0.15) is 0 Å². The molecule has 88 valence electrons. The minimum Gasteiger partial charge on any atom is -0.369 e. The predicted octanol–water partition coefficient (Wildman–Crippen LogP) is 2.56. The third kappa shape index (κ3) is 2.01. The lowest BCUT2D eigenvalue weighted by atomic mass is 10.0. The molecule has 1 heterocycles. The number of hydrogen-bond donors (Lipinski definition) is 1. The van der Waals surface area contributed by atoms with Gasteiger partial charge < -0.3 is 10.2 Å². The second kappa shape index (κ2) is 4.38. The van der Waals surface area contributed by atoms with E-state index in [0.717, 1.165) is 26.2 Å². The highest BCUT2D eigenvalue weighted by Gasteiger charge is 2.10. The molecule has 0 bridgehead atoms. The van der Waals surface area contributed by atoms with Gasteiger partial charge in [0.1, 0.15) is 0 Å². The molecule has 2 aromatic rings. The van der Waals surface area contributed by atoms with E-state index in [9.17, 15) is 0 Å². The van der Waals surface area contributed by atoms with Crippen LogP contribution in [0.5, 0.6) is 0 Å². The summed E-state index contributed by atoms with van der Waals surface area (Å²) in [6, 6.07) is 13.3. The van der Waals surface area contributed by atoms with Crippen LogP contribution in [0.4, 0.5) is 5.69 Å². The summed E-state index contributed by atoms with van der Waals surface area (Å²) in [4.78, 5) is 2.46. The number of aryl methyl sites for hydroxylation is 1. The zero-order valence-corrected chi connectivity index (χ0v) is 10.2. The molecule has 2 heteroatoms. The van der Waals surface area contributed by atoms with E-state index >= 15 is 0 Å². The highest BCUT2D eigenvalue weighted by Crippen LogP contribution is 2.24.